The summed E-state index contributed by atoms with van der Waals surface area (Å²) in [7, 11) is 4.37. The molecule has 108 valence electrons. The maximum atomic E-state index is 11.8. The summed E-state index contributed by atoms with van der Waals surface area (Å²) in [5.74, 6) is -0.0976. The Labute approximate surface area is 126 Å². The molecule has 1 aromatic carbocycles. The molecule has 5 nitrogen and oxygen atoms in total. The average molecular weight is 342 g/mol. The maximum Gasteiger partial charge on any atom is 0.325 e. The van der Waals surface area contributed by atoms with Gasteiger partial charge in [0.25, 0.3) is 0 Å². The van der Waals surface area contributed by atoms with Crippen molar-refractivity contribution in [1.82, 2.24) is 4.90 Å². The third kappa shape index (κ3) is 4.70. The lowest BCUT2D eigenvalue weighted by Gasteiger charge is -2.13. The summed E-state index contributed by atoms with van der Waals surface area (Å²) in [6.07, 6.45) is 3.02. The van der Waals surface area contributed by atoms with Crippen LogP contribution in [0.25, 0.3) is 6.08 Å². The van der Waals surface area contributed by atoms with Crippen LogP contribution in [0.4, 0.5) is 0 Å². The SMILES string of the molecule is COC(=O)CN(C)C(=O)/C=C/c1cc(Br)ccc1OC. The fourth-order valence-corrected chi connectivity index (χ4v) is 1.84. The zero-order chi connectivity index (χ0) is 15.1. The summed E-state index contributed by atoms with van der Waals surface area (Å²) in [6.45, 7) is -0.0880. The van der Waals surface area contributed by atoms with Crippen LogP contribution in [0.1, 0.15) is 5.56 Å². The second kappa shape index (κ2) is 7.69. The van der Waals surface area contributed by atoms with E-state index in [0.29, 0.717) is 5.75 Å². The minimum atomic E-state index is -0.464. The molecule has 0 aromatic heterocycles. The van der Waals surface area contributed by atoms with Crippen molar-refractivity contribution in [2.45, 2.75) is 0 Å². The Balaban J connectivity index is 2.79. The van der Waals surface area contributed by atoms with E-state index in [4.69, 9.17) is 4.74 Å². The molecule has 1 rings (SSSR count). The number of carbonyl (C=O) groups excluding carboxylic acids is 2. The van der Waals surface area contributed by atoms with Crippen molar-refractivity contribution >= 4 is 33.9 Å². The van der Waals surface area contributed by atoms with Crippen molar-refractivity contribution in [3.63, 3.8) is 0 Å². The topological polar surface area (TPSA) is 55.8 Å². The first kappa shape index (κ1) is 16.2. The molecule has 0 aliphatic heterocycles. The zero-order valence-corrected chi connectivity index (χ0v) is 13.1. The van der Waals surface area contributed by atoms with E-state index < -0.39 is 5.97 Å². The number of hydrogen-bond acceptors (Lipinski definition) is 4. The van der Waals surface area contributed by atoms with Crippen molar-refractivity contribution < 1.29 is 19.1 Å². The Morgan fingerprint density at radius 3 is 2.65 bits per heavy atom. The van der Waals surface area contributed by atoms with E-state index in [1.807, 2.05) is 12.1 Å². The molecule has 20 heavy (non-hydrogen) atoms. The van der Waals surface area contributed by atoms with Crippen LogP contribution in [0.5, 0.6) is 5.75 Å². The normalized spacial score (nSPS) is 10.4. The Bertz CT molecular complexity index is 528. The highest BCUT2D eigenvalue weighted by Crippen LogP contribution is 2.24. The third-order valence-electron chi connectivity index (χ3n) is 2.57. The standard InChI is InChI=1S/C14H16BrNO4/c1-16(9-14(18)20-3)13(17)7-4-10-8-11(15)5-6-12(10)19-2/h4-8H,9H2,1-3H3/b7-4+. The van der Waals surface area contributed by atoms with E-state index in [0.717, 1.165) is 10.0 Å². The predicted molar refractivity (Wildman–Crippen MR) is 79.4 cm³/mol. The highest BCUT2D eigenvalue weighted by Gasteiger charge is 2.10. The van der Waals surface area contributed by atoms with Gasteiger partial charge in [-0.15, -0.1) is 0 Å². The first-order valence-electron chi connectivity index (χ1n) is 5.81. The van der Waals surface area contributed by atoms with Crippen molar-refractivity contribution in [1.29, 1.82) is 0 Å². The third-order valence-corrected chi connectivity index (χ3v) is 3.06. The number of esters is 1. The van der Waals surface area contributed by atoms with E-state index in [2.05, 4.69) is 20.7 Å². The van der Waals surface area contributed by atoms with Crippen LogP contribution in [0.15, 0.2) is 28.7 Å². The van der Waals surface area contributed by atoms with Gasteiger partial charge in [0, 0.05) is 23.2 Å². The molecule has 0 bridgehead atoms. The largest absolute Gasteiger partial charge is 0.496 e. The summed E-state index contributed by atoms with van der Waals surface area (Å²) >= 11 is 3.36. The van der Waals surface area contributed by atoms with Gasteiger partial charge in [-0.1, -0.05) is 15.9 Å². The maximum absolute atomic E-state index is 11.8. The Hall–Kier alpha value is -1.82. The lowest BCUT2D eigenvalue weighted by molar-refractivity contribution is -0.144. The molecule has 0 atom stereocenters. The predicted octanol–water partition coefficient (Wildman–Crippen LogP) is 2.10. The molecule has 0 aliphatic rings. The molecule has 0 heterocycles. The molecular formula is C14H16BrNO4. The van der Waals surface area contributed by atoms with Gasteiger partial charge < -0.3 is 14.4 Å². The lowest BCUT2D eigenvalue weighted by atomic mass is 10.2. The molecule has 0 spiro atoms. The second-order valence-electron chi connectivity index (χ2n) is 3.99. The van der Waals surface area contributed by atoms with Gasteiger partial charge in [-0.05, 0) is 24.3 Å². The molecular weight excluding hydrogens is 326 g/mol. The molecule has 1 amide bonds. The Kier molecular flexibility index (Phi) is 6.24. The molecule has 0 unspecified atom stereocenters. The smallest absolute Gasteiger partial charge is 0.325 e. The van der Waals surface area contributed by atoms with Crippen molar-refractivity contribution in [3.05, 3.63) is 34.3 Å². The lowest BCUT2D eigenvalue weighted by Crippen LogP contribution is -2.31. The number of hydrogen-bond donors (Lipinski definition) is 0. The number of amides is 1. The fraction of sp³-hybridized carbons (Fsp3) is 0.286. The number of methoxy groups -OCH3 is 2. The average Bonchev–Trinajstić information content (AvgIpc) is 2.44. The Morgan fingerprint density at radius 1 is 1.35 bits per heavy atom. The Morgan fingerprint density at radius 2 is 2.05 bits per heavy atom. The van der Waals surface area contributed by atoms with Gasteiger partial charge in [-0.25, -0.2) is 0 Å². The van der Waals surface area contributed by atoms with Gasteiger partial charge in [0.05, 0.1) is 14.2 Å². The van der Waals surface area contributed by atoms with Crippen LogP contribution in [0.3, 0.4) is 0 Å². The number of likely N-dealkylation sites (N-methyl/N-ethyl adjacent to an activating group) is 1. The molecule has 0 saturated carbocycles. The monoisotopic (exact) mass is 341 g/mol. The van der Waals surface area contributed by atoms with Crippen molar-refractivity contribution in [2.24, 2.45) is 0 Å². The number of rotatable bonds is 5. The summed E-state index contributed by atoms with van der Waals surface area (Å²) < 4.78 is 10.6. The number of benzene rings is 1. The number of carbonyl (C=O) groups is 2. The molecule has 0 radical (unpaired) electrons. The van der Waals surface area contributed by atoms with E-state index in [-0.39, 0.29) is 12.5 Å². The van der Waals surface area contributed by atoms with Crippen molar-refractivity contribution in [3.8, 4) is 5.75 Å². The van der Waals surface area contributed by atoms with E-state index in [9.17, 15) is 9.59 Å². The molecule has 0 saturated heterocycles. The summed E-state index contributed by atoms with van der Waals surface area (Å²) in [4.78, 5) is 24.2. The summed E-state index contributed by atoms with van der Waals surface area (Å²) in [5, 5.41) is 0. The highest BCUT2D eigenvalue weighted by molar-refractivity contribution is 9.10. The van der Waals surface area contributed by atoms with Crippen LogP contribution in [-0.2, 0) is 14.3 Å². The molecule has 0 aliphatic carbocycles. The molecule has 1 aromatic rings. The van der Waals surface area contributed by atoms with E-state index >= 15 is 0 Å². The summed E-state index contributed by atoms with van der Waals surface area (Å²) in [5.41, 5.74) is 0.765. The second-order valence-corrected chi connectivity index (χ2v) is 4.91. The first-order chi connectivity index (χ1) is 9.47. The minimum absolute atomic E-state index is 0.0880. The van der Waals surface area contributed by atoms with Crippen LogP contribution < -0.4 is 4.74 Å². The quantitative estimate of drug-likeness (QED) is 0.608. The van der Waals surface area contributed by atoms with Crippen LogP contribution in [0, 0.1) is 0 Å². The van der Waals surface area contributed by atoms with Gasteiger partial charge in [0.2, 0.25) is 5.91 Å². The van der Waals surface area contributed by atoms with Crippen LogP contribution >= 0.6 is 15.9 Å². The van der Waals surface area contributed by atoms with E-state index in [1.165, 1.54) is 25.1 Å². The van der Waals surface area contributed by atoms with Crippen LogP contribution in [-0.4, -0.2) is 44.6 Å². The zero-order valence-electron chi connectivity index (χ0n) is 11.6. The molecule has 0 N–H and O–H groups in total. The number of ether oxygens (including phenoxy) is 2. The molecule has 6 heteroatoms. The highest BCUT2D eigenvalue weighted by atomic mass is 79.9. The minimum Gasteiger partial charge on any atom is -0.496 e. The van der Waals surface area contributed by atoms with Crippen molar-refractivity contribution in [2.75, 3.05) is 27.8 Å². The summed E-state index contributed by atoms with van der Waals surface area (Å²) in [6, 6.07) is 5.48. The van der Waals surface area contributed by atoms with E-state index in [1.54, 1.807) is 19.3 Å². The van der Waals surface area contributed by atoms with Gasteiger partial charge in [0.15, 0.2) is 0 Å². The van der Waals surface area contributed by atoms with Gasteiger partial charge in [0.1, 0.15) is 12.3 Å². The van der Waals surface area contributed by atoms with Gasteiger partial charge >= 0.3 is 5.97 Å². The van der Waals surface area contributed by atoms with Gasteiger partial charge in [-0.2, -0.15) is 0 Å². The van der Waals surface area contributed by atoms with Gasteiger partial charge in [-0.3, -0.25) is 9.59 Å². The first-order valence-corrected chi connectivity index (χ1v) is 6.60. The number of nitrogens with zero attached hydrogens (tertiary/aromatic N) is 1. The van der Waals surface area contributed by atoms with Crippen LogP contribution in [0.2, 0.25) is 0 Å². The molecule has 0 fully saturated rings. The fourth-order valence-electron chi connectivity index (χ4n) is 1.46. The number of halogens is 1.